The van der Waals surface area contributed by atoms with Gasteiger partial charge >= 0.3 is 5.97 Å². The summed E-state index contributed by atoms with van der Waals surface area (Å²) in [5, 5.41) is 8.45. The third-order valence-corrected chi connectivity index (χ3v) is 2.04. The van der Waals surface area contributed by atoms with Crippen molar-refractivity contribution in [2.75, 3.05) is 13.2 Å². The maximum atomic E-state index is 10.3. The van der Waals surface area contributed by atoms with E-state index in [0.29, 0.717) is 5.92 Å². The Morgan fingerprint density at radius 2 is 2.15 bits per heavy atom. The van der Waals surface area contributed by atoms with Gasteiger partial charge in [-0.15, -0.1) is 0 Å². The molecule has 0 fully saturated rings. The van der Waals surface area contributed by atoms with Crippen molar-refractivity contribution >= 4 is 5.97 Å². The summed E-state index contributed by atoms with van der Waals surface area (Å²) in [5.74, 6) is -0.201. The minimum atomic E-state index is -0.698. The number of carboxylic acids is 1. The summed E-state index contributed by atoms with van der Waals surface area (Å²) in [7, 11) is 0. The fourth-order valence-corrected chi connectivity index (χ4v) is 1.19. The third-order valence-electron chi connectivity index (χ3n) is 2.04. The molecule has 0 saturated heterocycles. The average molecular weight is 188 g/mol. The summed E-state index contributed by atoms with van der Waals surface area (Å²) >= 11 is 0. The van der Waals surface area contributed by atoms with Gasteiger partial charge in [0.2, 0.25) is 0 Å². The van der Waals surface area contributed by atoms with Gasteiger partial charge in [0.25, 0.3) is 0 Å². The lowest BCUT2D eigenvalue weighted by atomic mass is 10.0. The van der Waals surface area contributed by atoms with E-state index in [9.17, 15) is 4.79 Å². The molecule has 0 rings (SSSR count). The number of ether oxygens (including phenoxy) is 1. The fourth-order valence-electron chi connectivity index (χ4n) is 1.19. The molecule has 0 unspecified atom stereocenters. The molecule has 0 aromatic rings. The van der Waals surface area contributed by atoms with E-state index in [2.05, 4.69) is 6.92 Å². The molecule has 0 aliphatic heterocycles. The zero-order chi connectivity index (χ0) is 10.1. The summed E-state index contributed by atoms with van der Waals surface area (Å²) in [4.78, 5) is 10.3. The molecule has 0 amide bonds. The van der Waals surface area contributed by atoms with Gasteiger partial charge in [-0.05, 0) is 32.1 Å². The summed E-state index contributed by atoms with van der Waals surface area (Å²) in [6.45, 7) is 5.64. The molecular formula is C10H20O3. The van der Waals surface area contributed by atoms with Gasteiger partial charge in [0.15, 0.2) is 0 Å². The van der Waals surface area contributed by atoms with Crippen molar-refractivity contribution in [2.24, 2.45) is 5.92 Å². The van der Waals surface area contributed by atoms with Gasteiger partial charge in [-0.3, -0.25) is 4.79 Å². The summed E-state index contributed by atoms with van der Waals surface area (Å²) < 4.78 is 5.19. The SMILES string of the molecule is CCOCCC[C@@H](C)CCC(=O)O. The van der Waals surface area contributed by atoms with Crippen LogP contribution in [0.2, 0.25) is 0 Å². The van der Waals surface area contributed by atoms with Crippen molar-refractivity contribution in [1.29, 1.82) is 0 Å². The first-order chi connectivity index (χ1) is 6.16. The number of carboxylic acid groups (broad SMARTS) is 1. The Labute approximate surface area is 80.1 Å². The molecule has 1 N–H and O–H groups in total. The van der Waals surface area contributed by atoms with E-state index in [-0.39, 0.29) is 6.42 Å². The Bertz CT molecular complexity index is 134. The highest BCUT2D eigenvalue weighted by molar-refractivity contribution is 5.66. The van der Waals surface area contributed by atoms with Crippen molar-refractivity contribution < 1.29 is 14.6 Å². The van der Waals surface area contributed by atoms with Crippen molar-refractivity contribution in [1.82, 2.24) is 0 Å². The Morgan fingerprint density at radius 1 is 1.46 bits per heavy atom. The molecule has 0 aromatic carbocycles. The van der Waals surface area contributed by atoms with Crippen LogP contribution in [0.25, 0.3) is 0 Å². The van der Waals surface area contributed by atoms with E-state index in [1.54, 1.807) is 0 Å². The quantitative estimate of drug-likeness (QED) is 0.594. The number of rotatable bonds is 8. The van der Waals surface area contributed by atoms with Crippen LogP contribution in [-0.2, 0) is 9.53 Å². The Morgan fingerprint density at radius 3 is 2.69 bits per heavy atom. The lowest BCUT2D eigenvalue weighted by Crippen LogP contribution is -2.03. The lowest BCUT2D eigenvalue weighted by Gasteiger charge is -2.08. The van der Waals surface area contributed by atoms with Crippen LogP contribution in [0.1, 0.15) is 39.5 Å². The van der Waals surface area contributed by atoms with Gasteiger partial charge in [-0.2, -0.15) is 0 Å². The highest BCUT2D eigenvalue weighted by Gasteiger charge is 2.04. The van der Waals surface area contributed by atoms with Crippen molar-refractivity contribution in [3.05, 3.63) is 0 Å². The van der Waals surface area contributed by atoms with Gasteiger partial charge < -0.3 is 9.84 Å². The average Bonchev–Trinajstić information content (AvgIpc) is 2.09. The van der Waals surface area contributed by atoms with E-state index in [0.717, 1.165) is 32.5 Å². The van der Waals surface area contributed by atoms with Gasteiger partial charge in [0.1, 0.15) is 0 Å². The maximum absolute atomic E-state index is 10.3. The Balaban J connectivity index is 3.19. The van der Waals surface area contributed by atoms with Crippen molar-refractivity contribution in [3.8, 4) is 0 Å². The molecule has 0 spiro atoms. The molecule has 78 valence electrons. The van der Waals surface area contributed by atoms with Gasteiger partial charge in [0.05, 0.1) is 0 Å². The van der Waals surface area contributed by atoms with Crippen LogP contribution in [0.4, 0.5) is 0 Å². The predicted molar refractivity (Wildman–Crippen MR) is 51.8 cm³/mol. The van der Waals surface area contributed by atoms with Crippen molar-refractivity contribution in [3.63, 3.8) is 0 Å². The van der Waals surface area contributed by atoms with Crippen LogP contribution >= 0.6 is 0 Å². The molecule has 13 heavy (non-hydrogen) atoms. The van der Waals surface area contributed by atoms with E-state index >= 15 is 0 Å². The molecule has 1 atom stereocenters. The fraction of sp³-hybridized carbons (Fsp3) is 0.900. The monoisotopic (exact) mass is 188 g/mol. The minimum absolute atomic E-state index is 0.288. The third kappa shape index (κ3) is 9.34. The van der Waals surface area contributed by atoms with E-state index in [1.807, 2.05) is 6.92 Å². The Kier molecular flexibility index (Phi) is 7.69. The zero-order valence-corrected chi connectivity index (χ0v) is 8.58. The van der Waals surface area contributed by atoms with Crippen LogP contribution in [0.3, 0.4) is 0 Å². The first kappa shape index (κ1) is 12.4. The summed E-state index contributed by atoms with van der Waals surface area (Å²) in [5.41, 5.74) is 0. The number of aliphatic carboxylic acids is 1. The molecule has 0 aliphatic rings. The molecule has 0 bridgehead atoms. The molecule has 3 heteroatoms. The first-order valence-corrected chi connectivity index (χ1v) is 4.96. The lowest BCUT2D eigenvalue weighted by molar-refractivity contribution is -0.137. The highest BCUT2D eigenvalue weighted by Crippen LogP contribution is 2.12. The van der Waals surface area contributed by atoms with Crippen LogP contribution < -0.4 is 0 Å². The largest absolute Gasteiger partial charge is 0.481 e. The van der Waals surface area contributed by atoms with Crippen LogP contribution in [0.15, 0.2) is 0 Å². The normalized spacial score (nSPS) is 12.8. The zero-order valence-electron chi connectivity index (χ0n) is 8.58. The predicted octanol–water partition coefficient (Wildman–Crippen LogP) is 2.30. The van der Waals surface area contributed by atoms with Gasteiger partial charge in [-0.25, -0.2) is 0 Å². The van der Waals surface area contributed by atoms with Crippen LogP contribution in [0, 0.1) is 5.92 Å². The van der Waals surface area contributed by atoms with Crippen LogP contribution in [0.5, 0.6) is 0 Å². The van der Waals surface area contributed by atoms with Gasteiger partial charge in [-0.1, -0.05) is 6.92 Å². The molecule has 3 nitrogen and oxygen atoms in total. The highest BCUT2D eigenvalue weighted by atomic mass is 16.5. The molecule has 0 radical (unpaired) electrons. The minimum Gasteiger partial charge on any atom is -0.481 e. The molecule has 0 heterocycles. The number of hydrogen-bond acceptors (Lipinski definition) is 2. The van der Waals surface area contributed by atoms with Gasteiger partial charge in [0, 0.05) is 19.6 Å². The standard InChI is InChI=1S/C10H20O3/c1-3-13-8-4-5-9(2)6-7-10(11)12/h9H,3-8H2,1-2H3,(H,11,12)/t9-/m1/s1. The van der Waals surface area contributed by atoms with Crippen molar-refractivity contribution in [2.45, 2.75) is 39.5 Å². The topological polar surface area (TPSA) is 46.5 Å². The molecule has 0 saturated carbocycles. The molecule has 0 aromatic heterocycles. The first-order valence-electron chi connectivity index (χ1n) is 4.96. The summed E-state index contributed by atoms with van der Waals surface area (Å²) in [6.07, 6.45) is 3.17. The second-order valence-electron chi connectivity index (χ2n) is 3.38. The maximum Gasteiger partial charge on any atom is 0.303 e. The van der Waals surface area contributed by atoms with E-state index < -0.39 is 5.97 Å². The molecule has 0 aliphatic carbocycles. The van der Waals surface area contributed by atoms with E-state index in [4.69, 9.17) is 9.84 Å². The summed E-state index contributed by atoms with van der Waals surface area (Å²) in [6, 6.07) is 0. The second kappa shape index (κ2) is 8.05. The Hall–Kier alpha value is -0.570. The number of carbonyl (C=O) groups is 1. The number of hydrogen-bond donors (Lipinski definition) is 1. The smallest absolute Gasteiger partial charge is 0.303 e. The van der Waals surface area contributed by atoms with Crippen LogP contribution in [-0.4, -0.2) is 24.3 Å². The molecular weight excluding hydrogens is 168 g/mol. The van der Waals surface area contributed by atoms with E-state index in [1.165, 1.54) is 0 Å². The second-order valence-corrected chi connectivity index (χ2v) is 3.38.